The van der Waals surface area contributed by atoms with E-state index < -0.39 is 6.10 Å². The maximum Gasteiger partial charge on any atom is 0.226 e. The predicted octanol–water partition coefficient (Wildman–Crippen LogP) is 2.65. The molecular formula is C12H12O3. The average molecular weight is 204 g/mol. The van der Waals surface area contributed by atoms with Crippen molar-refractivity contribution in [1.82, 2.24) is 0 Å². The van der Waals surface area contributed by atoms with Crippen LogP contribution in [-0.2, 0) is 4.74 Å². The first-order chi connectivity index (χ1) is 7.22. The molecule has 1 unspecified atom stereocenters. The third-order valence-electron chi connectivity index (χ3n) is 2.39. The first-order valence-electron chi connectivity index (χ1n) is 4.78. The minimum atomic E-state index is -0.467. The largest absolute Gasteiger partial charge is 0.453 e. The monoisotopic (exact) mass is 204 g/mol. The third-order valence-corrected chi connectivity index (χ3v) is 2.39. The fourth-order valence-electron chi connectivity index (χ4n) is 1.41. The quantitative estimate of drug-likeness (QED) is 0.721. The Labute approximate surface area is 87.6 Å². The van der Waals surface area contributed by atoms with Crippen molar-refractivity contribution in [3.8, 4) is 0 Å². The van der Waals surface area contributed by atoms with Crippen LogP contribution in [0.25, 0.3) is 11.0 Å². The Morgan fingerprint density at radius 3 is 2.80 bits per heavy atom. The van der Waals surface area contributed by atoms with Crippen LogP contribution in [0.2, 0.25) is 0 Å². The van der Waals surface area contributed by atoms with Crippen LogP contribution in [0, 0.1) is 0 Å². The van der Waals surface area contributed by atoms with Crippen LogP contribution in [-0.4, -0.2) is 19.0 Å². The summed E-state index contributed by atoms with van der Waals surface area (Å²) in [4.78, 5) is 11.7. The number of methoxy groups -OCH3 is 1. The van der Waals surface area contributed by atoms with Gasteiger partial charge in [0.15, 0.2) is 5.76 Å². The molecule has 1 aromatic heterocycles. The van der Waals surface area contributed by atoms with Gasteiger partial charge in [-0.3, -0.25) is 4.79 Å². The second-order valence-corrected chi connectivity index (χ2v) is 3.39. The molecule has 0 amide bonds. The summed E-state index contributed by atoms with van der Waals surface area (Å²) in [7, 11) is 1.51. The van der Waals surface area contributed by atoms with Crippen molar-refractivity contribution in [1.29, 1.82) is 0 Å². The van der Waals surface area contributed by atoms with E-state index in [1.54, 1.807) is 13.0 Å². The normalized spacial score (nSPS) is 12.9. The van der Waals surface area contributed by atoms with Gasteiger partial charge < -0.3 is 9.15 Å². The minimum absolute atomic E-state index is 0.131. The molecule has 0 bridgehead atoms. The third kappa shape index (κ3) is 1.78. The zero-order chi connectivity index (χ0) is 10.8. The molecule has 2 rings (SSSR count). The lowest BCUT2D eigenvalue weighted by Gasteiger charge is -2.04. The minimum Gasteiger partial charge on any atom is -0.453 e. The first kappa shape index (κ1) is 9.93. The molecule has 0 N–H and O–H groups in total. The molecular weight excluding hydrogens is 192 g/mol. The van der Waals surface area contributed by atoms with Gasteiger partial charge in [-0.05, 0) is 19.1 Å². The lowest BCUT2D eigenvalue weighted by atomic mass is 10.2. The number of furan rings is 1. The second kappa shape index (κ2) is 3.87. The zero-order valence-electron chi connectivity index (χ0n) is 8.69. The van der Waals surface area contributed by atoms with Crippen molar-refractivity contribution < 1.29 is 13.9 Å². The number of ketones is 1. The van der Waals surface area contributed by atoms with Crippen LogP contribution >= 0.6 is 0 Å². The van der Waals surface area contributed by atoms with Crippen molar-refractivity contribution in [2.75, 3.05) is 7.11 Å². The molecule has 1 atom stereocenters. The van der Waals surface area contributed by atoms with Crippen molar-refractivity contribution in [2.45, 2.75) is 13.0 Å². The van der Waals surface area contributed by atoms with E-state index in [9.17, 15) is 4.79 Å². The highest BCUT2D eigenvalue weighted by Crippen LogP contribution is 2.20. The smallest absolute Gasteiger partial charge is 0.226 e. The predicted molar refractivity (Wildman–Crippen MR) is 57.0 cm³/mol. The standard InChI is InChI=1S/C12H12O3/c1-8(14-2)12(13)11-7-9-5-3-4-6-10(9)15-11/h3-8H,1-2H3. The van der Waals surface area contributed by atoms with E-state index in [2.05, 4.69) is 0 Å². The molecule has 78 valence electrons. The van der Waals surface area contributed by atoms with Gasteiger partial charge in [-0.15, -0.1) is 0 Å². The Kier molecular flexibility index (Phi) is 2.56. The van der Waals surface area contributed by atoms with E-state index in [1.807, 2.05) is 24.3 Å². The summed E-state index contributed by atoms with van der Waals surface area (Å²) in [5, 5.41) is 0.934. The van der Waals surface area contributed by atoms with Gasteiger partial charge in [0.2, 0.25) is 5.78 Å². The number of para-hydroxylation sites is 1. The highest BCUT2D eigenvalue weighted by Gasteiger charge is 2.18. The van der Waals surface area contributed by atoms with Gasteiger partial charge in [0.1, 0.15) is 11.7 Å². The van der Waals surface area contributed by atoms with E-state index in [4.69, 9.17) is 9.15 Å². The van der Waals surface area contributed by atoms with Crippen LogP contribution in [0.3, 0.4) is 0 Å². The molecule has 15 heavy (non-hydrogen) atoms. The topological polar surface area (TPSA) is 39.4 Å². The number of hydrogen-bond donors (Lipinski definition) is 0. The molecule has 0 fully saturated rings. The van der Waals surface area contributed by atoms with Crippen molar-refractivity contribution >= 4 is 16.8 Å². The van der Waals surface area contributed by atoms with Gasteiger partial charge in [0, 0.05) is 12.5 Å². The summed E-state index contributed by atoms with van der Waals surface area (Å²) in [5.74, 6) is 0.222. The summed E-state index contributed by atoms with van der Waals surface area (Å²) in [5.41, 5.74) is 0.726. The molecule has 0 aliphatic rings. The van der Waals surface area contributed by atoms with E-state index in [1.165, 1.54) is 7.11 Å². The van der Waals surface area contributed by atoms with Gasteiger partial charge in [0.05, 0.1) is 0 Å². The first-order valence-corrected chi connectivity index (χ1v) is 4.78. The number of benzene rings is 1. The van der Waals surface area contributed by atoms with E-state index >= 15 is 0 Å². The Morgan fingerprint density at radius 1 is 1.40 bits per heavy atom. The molecule has 0 aliphatic heterocycles. The Balaban J connectivity index is 2.41. The van der Waals surface area contributed by atoms with Gasteiger partial charge in [-0.2, -0.15) is 0 Å². The van der Waals surface area contributed by atoms with Crippen LogP contribution in [0.4, 0.5) is 0 Å². The van der Waals surface area contributed by atoms with Gasteiger partial charge in [-0.25, -0.2) is 0 Å². The zero-order valence-corrected chi connectivity index (χ0v) is 8.69. The molecule has 0 spiro atoms. The number of carbonyl (C=O) groups excluding carboxylic acids is 1. The summed E-state index contributed by atoms with van der Waals surface area (Å²) in [6, 6.07) is 9.27. The van der Waals surface area contributed by atoms with E-state index in [0.29, 0.717) is 5.76 Å². The molecule has 2 aromatic rings. The molecule has 1 aromatic carbocycles. The fourth-order valence-corrected chi connectivity index (χ4v) is 1.41. The number of ether oxygens (including phenoxy) is 1. The maximum atomic E-state index is 11.7. The average Bonchev–Trinajstić information content (AvgIpc) is 2.70. The number of carbonyl (C=O) groups is 1. The van der Waals surface area contributed by atoms with Crippen molar-refractivity contribution in [3.63, 3.8) is 0 Å². The van der Waals surface area contributed by atoms with Gasteiger partial charge >= 0.3 is 0 Å². The van der Waals surface area contributed by atoms with E-state index in [0.717, 1.165) is 11.0 Å². The summed E-state index contributed by atoms with van der Waals surface area (Å²) in [6.07, 6.45) is -0.467. The SMILES string of the molecule is COC(C)C(=O)c1cc2ccccc2o1. The van der Waals surface area contributed by atoms with E-state index in [-0.39, 0.29) is 5.78 Å². The van der Waals surface area contributed by atoms with Gasteiger partial charge in [-0.1, -0.05) is 18.2 Å². The summed E-state index contributed by atoms with van der Waals surface area (Å²) in [6.45, 7) is 1.70. The number of fused-ring (bicyclic) bond motifs is 1. The summed E-state index contributed by atoms with van der Waals surface area (Å²) >= 11 is 0. The fraction of sp³-hybridized carbons (Fsp3) is 0.250. The van der Waals surface area contributed by atoms with Gasteiger partial charge in [0.25, 0.3) is 0 Å². The summed E-state index contributed by atoms with van der Waals surface area (Å²) < 4.78 is 10.4. The number of rotatable bonds is 3. The van der Waals surface area contributed by atoms with Crippen LogP contribution in [0.15, 0.2) is 34.7 Å². The van der Waals surface area contributed by atoms with Crippen LogP contribution < -0.4 is 0 Å². The molecule has 3 nitrogen and oxygen atoms in total. The number of hydrogen-bond acceptors (Lipinski definition) is 3. The molecule has 0 radical (unpaired) electrons. The lowest BCUT2D eigenvalue weighted by Crippen LogP contribution is -2.18. The Bertz CT molecular complexity index is 451. The second-order valence-electron chi connectivity index (χ2n) is 3.39. The molecule has 3 heteroatoms. The van der Waals surface area contributed by atoms with Crippen molar-refractivity contribution in [3.05, 3.63) is 36.1 Å². The molecule has 0 aliphatic carbocycles. The molecule has 0 saturated heterocycles. The van der Waals surface area contributed by atoms with Crippen LogP contribution in [0.1, 0.15) is 17.5 Å². The maximum absolute atomic E-state index is 11.7. The Hall–Kier alpha value is -1.61. The number of Topliss-reactive ketones (excluding diaryl/α,β-unsaturated/α-hetero) is 1. The Morgan fingerprint density at radius 2 is 2.13 bits per heavy atom. The molecule has 0 saturated carbocycles. The highest BCUT2D eigenvalue weighted by molar-refractivity contribution is 6.00. The lowest BCUT2D eigenvalue weighted by molar-refractivity contribution is 0.0629. The van der Waals surface area contributed by atoms with Crippen molar-refractivity contribution in [2.24, 2.45) is 0 Å². The van der Waals surface area contributed by atoms with Crippen LogP contribution in [0.5, 0.6) is 0 Å². The highest BCUT2D eigenvalue weighted by atomic mass is 16.5. The molecule has 1 heterocycles.